The number of carbonyl (C=O) groups excluding carboxylic acids is 2. The Balaban J connectivity index is 1.76. The molecule has 0 bridgehead atoms. The average Bonchev–Trinajstić information content (AvgIpc) is 3.07. The number of ether oxygens (including phenoxy) is 1. The molecule has 0 spiro atoms. The Kier molecular flexibility index (Phi) is 7.42. The summed E-state index contributed by atoms with van der Waals surface area (Å²) in [5.74, 6) is -0.0450. The van der Waals surface area contributed by atoms with Crippen LogP contribution >= 0.6 is 11.3 Å². The van der Waals surface area contributed by atoms with E-state index in [1.807, 2.05) is 12.1 Å². The summed E-state index contributed by atoms with van der Waals surface area (Å²) in [5, 5.41) is 3.29. The van der Waals surface area contributed by atoms with Crippen LogP contribution in [0.15, 0.2) is 53.4 Å². The summed E-state index contributed by atoms with van der Waals surface area (Å²) in [6.07, 6.45) is 3.16. The van der Waals surface area contributed by atoms with Crippen molar-refractivity contribution in [1.29, 1.82) is 0 Å². The first kappa shape index (κ1) is 23.6. The zero-order valence-electron chi connectivity index (χ0n) is 18.0. The number of sulfone groups is 1. The van der Waals surface area contributed by atoms with Gasteiger partial charge in [-0.05, 0) is 48.2 Å². The zero-order valence-corrected chi connectivity index (χ0v) is 19.7. The molecule has 7 nitrogen and oxygen atoms in total. The Labute approximate surface area is 191 Å². The number of hydrogen-bond donors (Lipinski definition) is 1. The fourth-order valence-electron chi connectivity index (χ4n) is 3.11. The molecule has 9 heteroatoms. The van der Waals surface area contributed by atoms with Crippen LogP contribution in [0.1, 0.15) is 35.5 Å². The molecule has 1 aromatic heterocycles. The van der Waals surface area contributed by atoms with Crippen molar-refractivity contribution < 1.29 is 22.7 Å². The van der Waals surface area contributed by atoms with Crippen molar-refractivity contribution in [3.8, 4) is 5.75 Å². The maximum atomic E-state index is 11.7. The van der Waals surface area contributed by atoms with E-state index in [1.54, 1.807) is 36.4 Å². The molecule has 168 valence electrons. The summed E-state index contributed by atoms with van der Waals surface area (Å²) in [6.45, 7) is 2.80. The van der Waals surface area contributed by atoms with Crippen molar-refractivity contribution in [3.05, 3.63) is 70.2 Å². The van der Waals surface area contributed by atoms with E-state index in [0.29, 0.717) is 23.7 Å². The third kappa shape index (κ3) is 6.73. The number of carbonyl (C=O) groups is 2. The second kappa shape index (κ2) is 10.1. The minimum absolute atomic E-state index is 0.185. The summed E-state index contributed by atoms with van der Waals surface area (Å²) < 4.78 is 28.4. The number of anilines is 1. The lowest BCUT2D eigenvalue weighted by Crippen LogP contribution is -2.05. The molecular formula is C23H24N2O5S2. The first-order chi connectivity index (χ1) is 15.1. The number of esters is 1. The van der Waals surface area contributed by atoms with E-state index in [0.717, 1.165) is 28.1 Å². The van der Waals surface area contributed by atoms with Crippen molar-refractivity contribution in [2.75, 3.05) is 11.6 Å². The van der Waals surface area contributed by atoms with Gasteiger partial charge in [-0.3, -0.25) is 9.59 Å². The molecule has 3 aromatic rings. The van der Waals surface area contributed by atoms with Crippen LogP contribution in [0.5, 0.6) is 5.75 Å². The lowest BCUT2D eigenvalue weighted by molar-refractivity contribution is -0.131. The average molecular weight is 473 g/mol. The topological polar surface area (TPSA) is 102 Å². The van der Waals surface area contributed by atoms with E-state index in [4.69, 9.17) is 4.74 Å². The zero-order chi connectivity index (χ0) is 23.3. The van der Waals surface area contributed by atoms with Crippen LogP contribution in [0.3, 0.4) is 0 Å². The number of benzene rings is 2. The van der Waals surface area contributed by atoms with Gasteiger partial charge in [-0.1, -0.05) is 24.3 Å². The fraction of sp³-hybridized carbons (Fsp3) is 0.261. The van der Waals surface area contributed by atoms with E-state index in [1.165, 1.54) is 31.4 Å². The first-order valence-corrected chi connectivity index (χ1v) is 12.6. The second-order valence-electron chi connectivity index (χ2n) is 7.40. The first-order valence-electron chi connectivity index (χ1n) is 9.92. The van der Waals surface area contributed by atoms with Crippen molar-refractivity contribution in [3.63, 3.8) is 0 Å². The van der Waals surface area contributed by atoms with E-state index in [-0.39, 0.29) is 16.8 Å². The maximum Gasteiger partial charge on any atom is 0.308 e. The van der Waals surface area contributed by atoms with Crippen LogP contribution in [0.2, 0.25) is 0 Å². The molecule has 0 fully saturated rings. The number of aromatic nitrogens is 1. The van der Waals surface area contributed by atoms with E-state index in [9.17, 15) is 18.0 Å². The molecule has 0 saturated heterocycles. The molecule has 0 aliphatic carbocycles. The van der Waals surface area contributed by atoms with Gasteiger partial charge in [0.05, 0.1) is 10.6 Å². The van der Waals surface area contributed by atoms with Gasteiger partial charge in [0.2, 0.25) is 5.91 Å². The summed E-state index contributed by atoms with van der Waals surface area (Å²) in [6, 6.07) is 14.1. The van der Waals surface area contributed by atoms with Crippen LogP contribution in [0.4, 0.5) is 5.13 Å². The molecular weight excluding hydrogens is 448 g/mol. The number of aryl methyl sites for hydroxylation is 2. The Morgan fingerprint density at radius 2 is 1.59 bits per heavy atom. The van der Waals surface area contributed by atoms with Gasteiger partial charge in [0, 0.05) is 31.4 Å². The quantitative estimate of drug-likeness (QED) is 0.395. The maximum absolute atomic E-state index is 11.7. The minimum Gasteiger partial charge on any atom is -0.427 e. The van der Waals surface area contributed by atoms with Crippen LogP contribution < -0.4 is 10.1 Å². The molecule has 32 heavy (non-hydrogen) atoms. The molecule has 0 unspecified atom stereocenters. The Morgan fingerprint density at radius 1 is 0.969 bits per heavy atom. The van der Waals surface area contributed by atoms with Gasteiger partial charge in [0.25, 0.3) is 0 Å². The van der Waals surface area contributed by atoms with E-state index in [2.05, 4.69) is 10.3 Å². The van der Waals surface area contributed by atoms with Gasteiger partial charge in [-0.15, -0.1) is 11.3 Å². The van der Waals surface area contributed by atoms with Crippen molar-refractivity contribution >= 4 is 38.2 Å². The summed E-state index contributed by atoms with van der Waals surface area (Å²) in [5.41, 5.74) is 2.91. The highest BCUT2D eigenvalue weighted by Crippen LogP contribution is 2.27. The lowest BCUT2D eigenvalue weighted by Gasteiger charge is -2.06. The normalized spacial score (nSPS) is 11.2. The van der Waals surface area contributed by atoms with Crippen LogP contribution in [-0.2, 0) is 38.7 Å². The van der Waals surface area contributed by atoms with Gasteiger partial charge < -0.3 is 10.1 Å². The molecule has 3 rings (SSSR count). The standard InChI is InChI=1S/C23H24N2O5S2/c1-15(26)24-23-25-21(13-8-17-4-9-19(10-5-17)30-16(2)27)22(31-23)14-18-6-11-20(12-7-18)32(3,28)29/h4-7,9-12H,8,13-14H2,1-3H3,(H,24,25,26). The SMILES string of the molecule is CC(=O)Nc1nc(CCc2ccc(OC(C)=O)cc2)c(Cc2ccc(S(C)(=O)=O)cc2)s1. The van der Waals surface area contributed by atoms with Crippen molar-refractivity contribution in [2.24, 2.45) is 0 Å². The van der Waals surface area contributed by atoms with Gasteiger partial charge in [0.15, 0.2) is 15.0 Å². The molecule has 0 atom stereocenters. The lowest BCUT2D eigenvalue weighted by atomic mass is 10.0. The third-order valence-corrected chi connectivity index (χ3v) is 6.75. The molecule has 1 amide bonds. The summed E-state index contributed by atoms with van der Waals surface area (Å²) >= 11 is 1.42. The molecule has 1 heterocycles. The Morgan fingerprint density at radius 3 is 2.16 bits per heavy atom. The number of rotatable bonds is 8. The molecule has 0 aliphatic rings. The number of hydrogen-bond acceptors (Lipinski definition) is 7. The van der Waals surface area contributed by atoms with Gasteiger partial charge in [-0.2, -0.15) is 0 Å². The van der Waals surface area contributed by atoms with Crippen LogP contribution in [0, 0.1) is 0 Å². The van der Waals surface area contributed by atoms with E-state index >= 15 is 0 Å². The number of amides is 1. The predicted octanol–water partition coefficient (Wildman–Crippen LogP) is 3.81. The molecule has 0 radical (unpaired) electrons. The number of thiazole rings is 1. The Bertz CT molecular complexity index is 1210. The number of nitrogens with zero attached hydrogens (tertiary/aromatic N) is 1. The van der Waals surface area contributed by atoms with Crippen molar-refractivity contribution in [2.45, 2.75) is 38.0 Å². The van der Waals surface area contributed by atoms with Crippen molar-refractivity contribution in [1.82, 2.24) is 4.98 Å². The third-order valence-electron chi connectivity index (χ3n) is 4.61. The summed E-state index contributed by atoms with van der Waals surface area (Å²) in [7, 11) is -3.24. The van der Waals surface area contributed by atoms with Crippen LogP contribution in [0.25, 0.3) is 0 Å². The highest BCUT2D eigenvalue weighted by Gasteiger charge is 2.14. The van der Waals surface area contributed by atoms with Gasteiger partial charge in [0.1, 0.15) is 5.75 Å². The van der Waals surface area contributed by atoms with E-state index < -0.39 is 9.84 Å². The Hall–Kier alpha value is -3.04. The smallest absolute Gasteiger partial charge is 0.308 e. The molecule has 0 aliphatic heterocycles. The predicted molar refractivity (Wildman–Crippen MR) is 124 cm³/mol. The largest absolute Gasteiger partial charge is 0.427 e. The summed E-state index contributed by atoms with van der Waals surface area (Å²) in [4.78, 5) is 28.4. The highest BCUT2D eigenvalue weighted by atomic mass is 32.2. The van der Waals surface area contributed by atoms with Gasteiger partial charge >= 0.3 is 5.97 Å². The number of nitrogens with one attached hydrogen (secondary N) is 1. The molecule has 1 N–H and O–H groups in total. The van der Waals surface area contributed by atoms with Gasteiger partial charge in [-0.25, -0.2) is 13.4 Å². The highest BCUT2D eigenvalue weighted by molar-refractivity contribution is 7.90. The molecule has 2 aromatic carbocycles. The fourth-order valence-corrected chi connectivity index (χ4v) is 4.83. The minimum atomic E-state index is -3.24. The monoisotopic (exact) mass is 472 g/mol. The second-order valence-corrected chi connectivity index (χ2v) is 10.5. The molecule has 0 saturated carbocycles. The van der Waals surface area contributed by atoms with Crippen LogP contribution in [-0.4, -0.2) is 31.5 Å².